The second-order valence-electron chi connectivity index (χ2n) is 10.4. The molecule has 1 aliphatic rings. The molecule has 0 saturated carbocycles. The number of aliphatic carboxylic acids is 2. The molecule has 0 radical (unpaired) electrons. The Bertz CT molecular complexity index is 1640. The van der Waals surface area contributed by atoms with E-state index in [1.54, 1.807) is 54.4 Å². The van der Waals surface area contributed by atoms with Crippen molar-refractivity contribution in [1.29, 1.82) is 0 Å². The van der Waals surface area contributed by atoms with E-state index in [1.165, 1.54) is 24.3 Å². The highest BCUT2D eigenvalue weighted by atomic mass is 16.6. The van der Waals surface area contributed by atoms with Gasteiger partial charge in [-0.3, -0.25) is 34.7 Å². The predicted octanol–water partition coefficient (Wildman–Crippen LogP) is 3.51. The van der Waals surface area contributed by atoms with Crippen LogP contribution in [0.2, 0.25) is 0 Å². The number of anilines is 2. The third kappa shape index (κ3) is 8.61. The van der Waals surface area contributed by atoms with E-state index in [0.717, 1.165) is 11.1 Å². The van der Waals surface area contributed by atoms with E-state index >= 15 is 0 Å². The Hall–Kier alpha value is -5.83. The first-order valence-corrected chi connectivity index (χ1v) is 13.7. The van der Waals surface area contributed by atoms with E-state index in [4.69, 9.17) is 5.11 Å². The Morgan fingerprint density at radius 2 is 1.58 bits per heavy atom. The monoisotopic (exact) mass is 618 g/mol. The Morgan fingerprint density at radius 1 is 0.956 bits per heavy atom. The number of amides is 1. The summed E-state index contributed by atoms with van der Waals surface area (Å²) >= 11 is 0. The molecule has 1 amide bonds. The maximum atomic E-state index is 13.4. The van der Waals surface area contributed by atoms with Crippen molar-refractivity contribution in [3.63, 3.8) is 0 Å². The summed E-state index contributed by atoms with van der Waals surface area (Å²) in [4.78, 5) is 58.9. The maximum absolute atomic E-state index is 13.4. The van der Waals surface area contributed by atoms with Gasteiger partial charge in [0, 0.05) is 42.9 Å². The van der Waals surface area contributed by atoms with Crippen molar-refractivity contribution >= 4 is 34.9 Å². The van der Waals surface area contributed by atoms with E-state index < -0.39 is 39.8 Å². The first-order valence-electron chi connectivity index (χ1n) is 13.7. The van der Waals surface area contributed by atoms with Crippen molar-refractivity contribution < 1.29 is 34.4 Å². The van der Waals surface area contributed by atoms with Crippen LogP contribution in [-0.4, -0.2) is 55.9 Å². The van der Waals surface area contributed by atoms with E-state index in [0.29, 0.717) is 41.7 Å². The third-order valence-corrected chi connectivity index (χ3v) is 7.12. The minimum atomic E-state index is -1.21. The number of aryl methyl sites for hydroxylation is 1. The van der Waals surface area contributed by atoms with E-state index in [-0.39, 0.29) is 24.4 Å². The molecule has 2 atom stereocenters. The van der Waals surface area contributed by atoms with Crippen molar-refractivity contribution in [2.45, 2.75) is 37.9 Å². The van der Waals surface area contributed by atoms with Gasteiger partial charge in [0.1, 0.15) is 12.1 Å². The molecule has 234 valence electrons. The molecule has 5 N–H and O–H groups in total. The second-order valence-corrected chi connectivity index (χ2v) is 10.4. The number of carboxylic acids is 2. The summed E-state index contributed by atoms with van der Waals surface area (Å²) in [7, 11) is 1.72. The molecule has 0 saturated heterocycles. The topological polar surface area (TPSA) is 217 Å². The van der Waals surface area contributed by atoms with Crippen molar-refractivity contribution in [1.82, 2.24) is 10.2 Å². The van der Waals surface area contributed by atoms with Gasteiger partial charge in [-0.15, -0.1) is 0 Å². The molecule has 15 heteroatoms. The first kappa shape index (κ1) is 32.1. The van der Waals surface area contributed by atoms with Crippen LogP contribution in [0.4, 0.5) is 17.1 Å². The smallest absolute Gasteiger partial charge is 0.326 e. The Labute approximate surface area is 256 Å². The molecule has 0 bridgehead atoms. The van der Waals surface area contributed by atoms with E-state index in [1.807, 2.05) is 0 Å². The van der Waals surface area contributed by atoms with Crippen molar-refractivity contribution in [2.24, 2.45) is 0 Å². The summed E-state index contributed by atoms with van der Waals surface area (Å²) in [5, 5.41) is 49.2. The molecular formula is C30H30N6O9. The molecular weight excluding hydrogens is 588 g/mol. The number of nitrogens with zero attached hydrogens (tertiary/aromatic N) is 3. The number of nitro groups is 2. The average Bonchev–Trinajstić information content (AvgIpc) is 3.31. The Kier molecular flexibility index (Phi) is 10.1. The first-order chi connectivity index (χ1) is 21.4. The van der Waals surface area contributed by atoms with Gasteiger partial charge in [0.05, 0.1) is 9.85 Å². The van der Waals surface area contributed by atoms with Crippen LogP contribution in [0.15, 0.2) is 78.8 Å². The minimum Gasteiger partial charge on any atom is -0.481 e. The molecule has 45 heavy (non-hydrogen) atoms. The largest absolute Gasteiger partial charge is 0.481 e. The molecule has 0 spiro atoms. The fraction of sp³-hybridized carbons (Fsp3) is 0.233. The van der Waals surface area contributed by atoms with Crippen LogP contribution in [0.1, 0.15) is 34.7 Å². The van der Waals surface area contributed by atoms with Crippen LogP contribution in [0.3, 0.4) is 0 Å². The molecule has 4 rings (SSSR count). The molecule has 0 fully saturated rings. The number of nitrogens with one attached hydrogen (secondary N) is 3. The third-order valence-electron chi connectivity index (χ3n) is 7.12. The number of fused-ring (bicyclic) bond motifs is 1. The summed E-state index contributed by atoms with van der Waals surface area (Å²) in [6.07, 6.45) is 1.08. The van der Waals surface area contributed by atoms with Gasteiger partial charge < -0.3 is 26.2 Å². The van der Waals surface area contributed by atoms with Gasteiger partial charge in [-0.2, -0.15) is 0 Å². The van der Waals surface area contributed by atoms with Crippen LogP contribution in [-0.2, 0) is 33.8 Å². The number of benzene rings is 3. The van der Waals surface area contributed by atoms with Crippen LogP contribution < -0.4 is 16.0 Å². The lowest BCUT2D eigenvalue weighted by Gasteiger charge is -2.23. The quantitative estimate of drug-likeness (QED) is 0.130. The summed E-state index contributed by atoms with van der Waals surface area (Å²) < 4.78 is 0. The number of likely N-dealkylation sites (N-methyl/N-ethyl adjacent to an activating group) is 1. The van der Waals surface area contributed by atoms with Gasteiger partial charge in [-0.05, 0) is 60.0 Å². The standard InChI is InChI=1S/C30H30N6O9/c1-34-16-20-15-22(32-26(17-35(42)43)31-21-7-10-23(11-8-21)36(44)45)9-12-24(20)28(34)29(39)33-25(30(40)41)14-19-4-2-18(3-5-19)6-13-27(37)38/h2-5,7-12,15,17,25,28,31-32H,6,13-14,16H2,1H3,(H,33,39)(H,37,38)(H,40,41). The van der Waals surface area contributed by atoms with Gasteiger partial charge in [0.2, 0.25) is 5.91 Å². The molecule has 15 nitrogen and oxygen atoms in total. The van der Waals surface area contributed by atoms with Gasteiger partial charge in [-0.25, -0.2) is 4.79 Å². The van der Waals surface area contributed by atoms with E-state index in [9.17, 15) is 39.7 Å². The summed E-state index contributed by atoms with van der Waals surface area (Å²) in [6.45, 7) is 0.350. The zero-order valence-corrected chi connectivity index (χ0v) is 24.0. The van der Waals surface area contributed by atoms with Gasteiger partial charge in [0.15, 0.2) is 5.82 Å². The SMILES string of the molecule is CN1Cc2cc(NC(=C[N+](=O)[O-])Nc3ccc([N+](=O)[O-])cc3)ccc2C1C(=O)NC(Cc1ccc(CCC(=O)O)cc1)C(=O)O. The number of rotatable bonds is 14. The normalized spacial score (nSPS) is 15.0. The zero-order chi connectivity index (χ0) is 32.7. The van der Waals surface area contributed by atoms with Crippen LogP contribution in [0.5, 0.6) is 0 Å². The van der Waals surface area contributed by atoms with Crippen LogP contribution >= 0.6 is 0 Å². The fourth-order valence-corrected chi connectivity index (χ4v) is 4.98. The highest BCUT2D eigenvalue weighted by Gasteiger charge is 2.35. The molecule has 0 aromatic heterocycles. The number of hydrogen-bond acceptors (Lipinski definition) is 10. The Morgan fingerprint density at radius 3 is 2.18 bits per heavy atom. The molecule has 1 heterocycles. The lowest BCUT2D eigenvalue weighted by molar-refractivity contribution is -0.403. The fourth-order valence-electron chi connectivity index (χ4n) is 4.98. The molecule has 1 aliphatic heterocycles. The number of carbonyl (C=O) groups excluding carboxylic acids is 1. The van der Waals surface area contributed by atoms with Crippen LogP contribution in [0.25, 0.3) is 0 Å². The molecule has 0 aliphatic carbocycles. The predicted molar refractivity (Wildman–Crippen MR) is 162 cm³/mol. The van der Waals surface area contributed by atoms with Gasteiger partial charge in [-0.1, -0.05) is 30.3 Å². The molecule has 3 aromatic rings. The lowest BCUT2D eigenvalue weighted by atomic mass is 10.0. The van der Waals surface area contributed by atoms with Crippen molar-refractivity contribution in [3.05, 3.63) is 121 Å². The van der Waals surface area contributed by atoms with Gasteiger partial charge in [0.25, 0.3) is 11.9 Å². The van der Waals surface area contributed by atoms with E-state index in [2.05, 4.69) is 16.0 Å². The number of hydrogen-bond donors (Lipinski definition) is 5. The molecule has 2 unspecified atom stereocenters. The maximum Gasteiger partial charge on any atom is 0.326 e. The Balaban J connectivity index is 1.45. The highest BCUT2D eigenvalue weighted by Crippen LogP contribution is 2.34. The van der Waals surface area contributed by atoms with Crippen molar-refractivity contribution in [2.75, 3.05) is 17.7 Å². The second kappa shape index (κ2) is 14.1. The number of non-ortho nitro benzene ring substituents is 1. The summed E-state index contributed by atoms with van der Waals surface area (Å²) in [6, 6.07) is 15.3. The number of carbonyl (C=O) groups is 3. The van der Waals surface area contributed by atoms with Crippen LogP contribution in [0, 0.1) is 20.2 Å². The van der Waals surface area contributed by atoms with Crippen molar-refractivity contribution in [3.8, 4) is 0 Å². The zero-order valence-electron chi connectivity index (χ0n) is 24.0. The lowest BCUT2D eigenvalue weighted by Crippen LogP contribution is -2.46. The minimum absolute atomic E-state index is 0.00586. The number of nitro benzene ring substituents is 1. The summed E-state index contributed by atoms with van der Waals surface area (Å²) in [5.74, 6) is -2.62. The molecule has 3 aromatic carbocycles. The summed E-state index contributed by atoms with van der Waals surface area (Å²) in [5.41, 5.74) is 3.59. The average molecular weight is 619 g/mol. The van der Waals surface area contributed by atoms with Gasteiger partial charge >= 0.3 is 11.9 Å². The highest BCUT2D eigenvalue weighted by molar-refractivity contribution is 5.89. The number of carboxylic acid groups (broad SMARTS) is 2.